The molecule has 0 aliphatic rings. The summed E-state index contributed by atoms with van der Waals surface area (Å²) in [5, 5.41) is 3.64. The Morgan fingerprint density at radius 1 is 0.795 bits per heavy atom. The molecule has 0 heterocycles. The average molecular weight is 632 g/mol. The zero-order valence-electron chi connectivity index (χ0n) is 25.0. The van der Waals surface area contributed by atoms with Crippen LogP contribution >= 0.6 is 11.6 Å². The summed E-state index contributed by atoms with van der Waals surface area (Å²) in [7, 11) is -3.57. The summed E-state index contributed by atoms with van der Waals surface area (Å²) in [6.07, 6.45) is 0.876. The van der Waals surface area contributed by atoms with E-state index in [0.717, 1.165) is 27.8 Å². The quantitative estimate of drug-likeness (QED) is 0.183. The van der Waals surface area contributed by atoms with Crippen molar-refractivity contribution in [2.75, 3.05) is 6.54 Å². The fourth-order valence-corrected chi connectivity index (χ4v) is 6.02. The van der Waals surface area contributed by atoms with Gasteiger partial charge in [0.1, 0.15) is 6.04 Å². The number of carbonyl (C=O) groups excluding carboxylic acids is 2. The number of hydrogen-bond acceptors (Lipinski definition) is 4. The first-order valence-corrected chi connectivity index (χ1v) is 16.5. The molecular formula is C35H38ClN3O4S. The maximum absolute atomic E-state index is 14.0. The summed E-state index contributed by atoms with van der Waals surface area (Å²) in [4.78, 5) is 29.6. The van der Waals surface area contributed by atoms with Gasteiger partial charge < -0.3 is 10.2 Å². The normalized spacial score (nSPS) is 12.0. The molecule has 2 N–H and O–H groups in total. The number of carbonyl (C=O) groups is 2. The Hall–Kier alpha value is -3.98. The van der Waals surface area contributed by atoms with E-state index < -0.39 is 16.1 Å². The summed E-state index contributed by atoms with van der Waals surface area (Å²) in [5.41, 5.74) is 4.72. The first-order valence-electron chi connectivity index (χ1n) is 14.6. The lowest BCUT2D eigenvalue weighted by molar-refractivity contribution is -0.141. The van der Waals surface area contributed by atoms with E-state index in [-0.39, 0.29) is 29.7 Å². The van der Waals surface area contributed by atoms with Gasteiger partial charge in [-0.1, -0.05) is 103 Å². The third-order valence-electron chi connectivity index (χ3n) is 7.32. The predicted octanol–water partition coefficient (Wildman–Crippen LogP) is 5.84. The predicted molar refractivity (Wildman–Crippen MR) is 175 cm³/mol. The molecule has 0 fully saturated rings. The van der Waals surface area contributed by atoms with Crippen LogP contribution in [0.5, 0.6) is 0 Å². The lowest BCUT2D eigenvalue weighted by atomic mass is 10.0. The topological polar surface area (TPSA) is 95.6 Å². The molecule has 0 saturated heterocycles. The third-order valence-corrected chi connectivity index (χ3v) is 9.13. The molecule has 0 spiro atoms. The first-order chi connectivity index (χ1) is 21.1. The van der Waals surface area contributed by atoms with Gasteiger partial charge in [-0.25, -0.2) is 13.1 Å². The van der Waals surface area contributed by atoms with E-state index in [0.29, 0.717) is 31.0 Å². The minimum absolute atomic E-state index is 0.142. The van der Waals surface area contributed by atoms with E-state index in [1.54, 1.807) is 48.2 Å². The van der Waals surface area contributed by atoms with Gasteiger partial charge in [-0.2, -0.15) is 0 Å². The summed E-state index contributed by atoms with van der Waals surface area (Å²) in [5.74, 6) is -0.426. The zero-order chi connectivity index (χ0) is 31.5. The monoisotopic (exact) mass is 631 g/mol. The van der Waals surface area contributed by atoms with Gasteiger partial charge in [0.15, 0.2) is 0 Å². The maximum Gasteiger partial charge on any atom is 0.243 e. The molecule has 9 heteroatoms. The van der Waals surface area contributed by atoms with Crippen molar-refractivity contribution in [2.24, 2.45) is 0 Å². The molecule has 0 saturated carbocycles. The van der Waals surface area contributed by atoms with Crippen LogP contribution in [0.4, 0.5) is 0 Å². The number of rotatable bonds is 14. The highest BCUT2D eigenvalue weighted by Crippen LogP contribution is 2.19. The van der Waals surface area contributed by atoms with E-state index in [1.807, 2.05) is 73.7 Å². The minimum Gasteiger partial charge on any atom is -0.350 e. The van der Waals surface area contributed by atoms with Crippen molar-refractivity contribution >= 4 is 33.4 Å². The summed E-state index contributed by atoms with van der Waals surface area (Å²) in [6, 6.07) is 30.6. The van der Waals surface area contributed by atoms with Gasteiger partial charge >= 0.3 is 0 Å². The first kappa shape index (κ1) is 32.9. The molecule has 7 nitrogen and oxygen atoms in total. The molecule has 0 bridgehead atoms. The number of sulfonamides is 1. The average Bonchev–Trinajstić information content (AvgIpc) is 3.02. The van der Waals surface area contributed by atoms with Crippen molar-refractivity contribution in [2.45, 2.75) is 57.1 Å². The Bertz CT molecular complexity index is 1630. The fraction of sp³-hybridized carbons (Fsp3) is 0.257. The van der Waals surface area contributed by atoms with E-state index in [1.165, 1.54) is 0 Å². The highest BCUT2D eigenvalue weighted by atomic mass is 35.5. The molecule has 0 aromatic heterocycles. The van der Waals surface area contributed by atoms with Crippen molar-refractivity contribution in [3.8, 4) is 0 Å². The van der Waals surface area contributed by atoms with Crippen molar-refractivity contribution in [3.63, 3.8) is 0 Å². The van der Waals surface area contributed by atoms with Crippen LogP contribution in [-0.4, -0.2) is 37.7 Å². The Morgan fingerprint density at radius 3 is 2.05 bits per heavy atom. The van der Waals surface area contributed by atoms with Crippen LogP contribution in [0.3, 0.4) is 0 Å². The molecule has 2 amide bonds. The number of amides is 2. The zero-order valence-corrected chi connectivity index (χ0v) is 26.6. The fourth-order valence-electron chi connectivity index (χ4n) is 4.86. The molecule has 1 unspecified atom stereocenters. The molecule has 44 heavy (non-hydrogen) atoms. The van der Waals surface area contributed by atoms with E-state index >= 15 is 0 Å². The van der Waals surface area contributed by atoms with Gasteiger partial charge in [-0.3, -0.25) is 9.59 Å². The van der Waals surface area contributed by atoms with Crippen molar-refractivity contribution < 1.29 is 18.0 Å². The van der Waals surface area contributed by atoms with Crippen molar-refractivity contribution in [1.82, 2.24) is 14.9 Å². The summed E-state index contributed by atoms with van der Waals surface area (Å²) >= 11 is 6.13. The number of aryl methyl sites for hydroxylation is 2. The van der Waals surface area contributed by atoms with Crippen molar-refractivity contribution in [3.05, 3.63) is 136 Å². The lowest BCUT2D eigenvalue weighted by Crippen LogP contribution is -2.50. The van der Waals surface area contributed by atoms with E-state index in [4.69, 9.17) is 11.6 Å². The SMILES string of the molecule is CCNS(=O)(=O)c1ccc(CCC(=O)N(Cc2ccc(Cl)cc2)C(Cc2ccccc2)C(=O)NCc2ccc(C)cc2)cc1. The van der Waals surface area contributed by atoms with E-state index in [9.17, 15) is 18.0 Å². The van der Waals surface area contributed by atoms with Crippen LogP contribution in [0.2, 0.25) is 5.02 Å². The molecule has 0 aliphatic carbocycles. The van der Waals surface area contributed by atoms with Gasteiger partial charge in [0.2, 0.25) is 21.8 Å². The Kier molecular flexibility index (Phi) is 11.7. The van der Waals surface area contributed by atoms with Gasteiger partial charge in [-0.15, -0.1) is 0 Å². The molecule has 4 aromatic carbocycles. The van der Waals surface area contributed by atoms with Crippen molar-refractivity contribution in [1.29, 1.82) is 0 Å². The van der Waals surface area contributed by atoms with Gasteiger partial charge in [0.25, 0.3) is 0 Å². The largest absolute Gasteiger partial charge is 0.350 e. The van der Waals surface area contributed by atoms with Gasteiger partial charge in [0, 0.05) is 37.5 Å². The Balaban J connectivity index is 1.58. The molecular weight excluding hydrogens is 594 g/mol. The highest BCUT2D eigenvalue weighted by molar-refractivity contribution is 7.89. The number of nitrogens with one attached hydrogen (secondary N) is 2. The third kappa shape index (κ3) is 9.51. The second-order valence-electron chi connectivity index (χ2n) is 10.7. The highest BCUT2D eigenvalue weighted by Gasteiger charge is 2.30. The molecule has 1 atom stereocenters. The number of benzene rings is 4. The van der Waals surface area contributed by atoms with E-state index in [2.05, 4.69) is 10.0 Å². The smallest absolute Gasteiger partial charge is 0.243 e. The summed E-state index contributed by atoms with van der Waals surface area (Å²) < 4.78 is 27.1. The number of nitrogens with zero attached hydrogens (tertiary/aromatic N) is 1. The van der Waals surface area contributed by atoms with Crippen LogP contribution in [-0.2, 0) is 45.5 Å². The standard InChI is InChI=1S/C35H38ClN3O4S/c1-3-38-44(42,43)32-20-15-27(16-21-32)17-22-34(40)39(25-30-13-18-31(36)19-14-30)33(23-28-7-5-4-6-8-28)35(41)37-24-29-11-9-26(2)10-12-29/h4-16,18-21,33,38H,3,17,22-25H2,1-2H3,(H,37,41). The van der Waals surface area contributed by atoms with Crippen LogP contribution in [0.25, 0.3) is 0 Å². The van der Waals surface area contributed by atoms with Gasteiger partial charge in [0.05, 0.1) is 4.90 Å². The van der Waals surface area contributed by atoms with Crippen LogP contribution in [0, 0.1) is 6.92 Å². The van der Waals surface area contributed by atoms with Gasteiger partial charge in [-0.05, 0) is 59.9 Å². The number of hydrogen-bond donors (Lipinski definition) is 2. The molecule has 4 aromatic rings. The minimum atomic E-state index is -3.57. The number of halogens is 1. The maximum atomic E-state index is 14.0. The van der Waals surface area contributed by atoms with Crippen LogP contribution in [0.1, 0.15) is 41.2 Å². The second-order valence-corrected chi connectivity index (χ2v) is 12.9. The summed E-state index contributed by atoms with van der Waals surface area (Å²) in [6.45, 7) is 4.60. The molecule has 0 aliphatic heterocycles. The molecule has 4 rings (SSSR count). The lowest BCUT2D eigenvalue weighted by Gasteiger charge is -2.32. The van der Waals surface area contributed by atoms with Crippen LogP contribution < -0.4 is 10.0 Å². The molecule has 0 radical (unpaired) electrons. The van der Waals surface area contributed by atoms with Crippen LogP contribution in [0.15, 0.2) is 108 Å². The second kappa shape index (κ2) is 15.7. The Labute approximate surface area is 265 Å². The Morgan fingerprint density at radius 2 is 1.41 bits per heavy atom. The molecule has 230 valence electrons.